The topological polar surface area (TPSA) is 57.4 Å². The van der Waals surface area contributed by atoms with Crippen molar-refractivity contribution in [1.82, 2.24) is 4.98 Å². The molecule has 0 aliphatic rings. The van der Waals surface area contributed by atoms with Crippen LogP contribution in [0.2, 0.25) is 0 Å². The highest BCUT2D eigenvalue weighted by Gasteiger charge is 2.14. The van der Waals surface area contributed by atoms with Crippen LogP contribution in [0.5, 0.6) is 11.5 Å². The number of nitrogens with two attached hydrogens (primary N) is 1. The summed E-state index contributed by atoms with van der Waals surface area (Å²) in [6.45, 7) is 6.26. The molecule has 0 aliphatic carbocycles. The lowest BCUT2D eigenvalue weighted by Crippen LogP contribution is -2.02. The zero-order valence-electron chi connectivity index (χ0n) is 20.0. The predicted octanol–water partition coefficient (Wildman–Crippen LogP) is 7.01. The maximum atomic E-state index is 6.43. The molecule has 5 heteroatoms. The molecule has 1 heterocycles. The zero-order valence-corrected chi connectivity index (χ0v) is 22.2. The summed E-state index contributed by atoms with van der Waals surface area (Å²) in [5.74, 6) is 4.23. The van der Waals surface area contributed by atoms with Crippen molar-refractivity contribution in [1.29, 1.82) is 0 Å². The van der Waals surface area contributed by atoms with Crippen LogP contribution in [0.15, 0.2) is 54.6 Å². The molecule has 0 radical (unpaired) electrons. The number of benzene rings is 2. The first-order valence-electron chi connectivity index (χ1n) is 11.8. The van der Waals surface area contributed by atoms with Gasteiger partial charge in [0.2, 0.25) is 0 Å². The normalized spacial score (nSPS) is 11.7. The monoisotopic (exact) mass is 568 g/mol. The Morgan fingerprint density at radius 3 is 2.59 bits per heavy atom. The number of rotatable bonds is 12. The Labute approximate surface area is 217 Å². The molecule has 2 aromatic carbocycles. The van der Waals surface area contributed by atoms with E-state index in [1.165, 1.54) is 5.56 Å². The molecule has 1 aromatic heterocycles. The molecule has 1 unspecified atom stereocenters. The molecule has 0 saturated carbocycles. The summed E-state index contributed by atoms with van der Waals surface area (Å²) in [7, 11) is 0. The van der Waals surface area contributed by atoms with E-state index < -0.39 is 0 Å². The van der Waals surface area contributed by atoms with Gasteiger partial charge in [-0.15, -0.1) is 6.42 Å². The van der Waals surface area contributed by atoms with Gasteiger partial charge in [-0.05, 0) is 75.4 Å². The van der Waals surface area contributed by atoms with Crippen LogP contribution in [-0.2, 0) is 11.2 Å². The van der Waals surface area contributed by atoms with Gasteiger partial charge >= 0.3 is 0 Å². The second-order valence-electron chi connectivity index (χ2n) is 8.22. The summed E-state index contributed by atoms with van der Waals surface area (Å²) < 4.78 is 12.2. The first-order valence-corrected chi connectivity index (χ1v) is 13.1. The van der Waals surface area contributed by atoms with E-state index in [0.717, 1.165) is 78.5 Å². The van der Waals surface area contributed by atoms with Crippen molar-refractivity contribution < 1.29 is 9.47 Å². The molecule has 0 amide bonds. The van der Waals surface area contributed by atoms with E-state index in [0.29, 0.717) is 10.5 Å². The van der Waals surface area contributed by atoms with E-state index in [9.17, 15) is 0 Å². The SMILES string of the molecule is C#Cc1ccc(-c2ccc(CCN)cc2)c(Oc2cc(C)nc(C(I)CCCCOCC)c2)c1. The molecule has 34 heavy (non-hydrogen) atoms. The number of hydrogen-bond donors (Lipinski definition) is 1. The van der Waals surface area contributed by atoms with E-state index >= 15 is 0 Å². The molecule has 178 valence electrons. The lowest BCUT2D eigenvalue weighted by atomic mass is 10.0. The number of unbranched alkanes of at least 4 members (excludes halogenated alkanes) is 1. The quantitative estimate of drug-likeness (QED) is 0.111. The molecule has 3 rings (SSSR count). The lowest BCUT2D eigenvalue weighted by Gasteiger charge is -2.16. The molecule has 0 spiro atoms. The van der Waals surface area contributed by atoms with Crippen LogP contribution in [0, 0.1) is 19.3 Å². The van der Waals surface area contributed by atoms with Crippen molar-refractivity contribution in [2.24, 2.45) is 5.73 Å². The summed E-state index contributed by atoms with van der Waals surface area (Å²) in [5.41, 5.74) is 11.7. The van der Waals surface area contributed by atoms with Gasteiger partial charge in [0.05, 0.1) is 9.62 Å². The number of pyridine rings is 1. The first kappa shape index (κ1) is 26.2. The molecule has 0 fully saturated rings. The van der Waals surface area contributed by atoms with Gasteiger partial charge in [-0.2, -0.15) is 0 Å². The average molecular weight is 568 g/mol. The van der Waals surface area contributed by atoms with Crippen LogP contribution in [0.25, 0.3) is 11.1 Å². The standard InChI is InChI=1S/C29H33IN2O2/c1-4-22-11-14-26(24-12-9-23(10-13-24)15-16-31)29(19-22)34-25-18-21(3)32-28(20-25)27(30)8-6-7-17-33-5-2/h1,9-14,18-20,27H,5-8,15-17,31H2,2-3H3. The molecule has 1 atom stereocenters. The second kappa shape index (κ2) is 13.5. The Hall–Kier alpha value is -2.40. The van der Waals surface area contributed by atoms with Crippen LogP contribution < -0.4 is 10.5 Å². The molecule has 0 saturated heterocycles. The van der Waals surface area contributed by atoms with Gasteiger partial charge in [0.25, 0.3) is 0 Å². The fraction of sp³-hybridized carbons (Fsp3) is 0.345. The lowest BCUT2D eigenvalue weighted by molar-refractivity contribution is 0.143. The molecule has 4 nitrogen and oxygen atoms in total. The average Bonchev–Trinajstić information content (AvgIpc) is 2.84. The van der Waals surface area contributed by atoms with Crippen molar-refractivity contribution in [2.75, 3.05) is 19.8 Å². The molecule has 0 aliphatic heterocycles. The minimum Gasteiger partial charge on any atom is -0.457 e. The van der Waals surface area contributed by atoms with Gasteiger partial charge in [-0.1, -0.05) is 52.8 Å². The summed E-state index contributed by atoms with van der Waals surface area (Å²) in [5, 5.41) is 0. The van der Waals surface area contributed by atoms with Gasteiger partial charge in [0.15, 0.2) is 0 Å². The van der Waals surface area contributed by atoms with Crippen LogP contribution in [0.1, 0.15) is 52.6 Å². The highest BCUT2D eigenvalue weighted by molar-refractivity contribution is 14.1. The molecule has 0 bridgehead atoms. The van der Waals surface area contributed by atoms with Gasteiger partial charge in [-0.25, -0.2) is 0 Å². The number of nitrogens with zero attached hydrogens (tertiary/aromatic N) is 1. The minimum absolute atomic E-state index is 0.313. The third-order valence-corrected chi connectivity index (χ3v) is 6.80. The van der Waals surface area contributed by atoms with Crippen LogP contribution in [0.3, 0.4) is 0 Å². The van der Waals surface area contributed by atoms with Gasteiger partial charge in [0, 0.05) is 42.2 Å². The number of halogens is 1. The molecular formula is C29H33IN2O2. The van der Waals surface area contributed by atoms with Crippen molar-refractivity contribution in [2.45, 2.75) is 43.5 Å². The number of terminal acetylenes is 1. The second-order valence-corrected chi connectivity index (χ2v) is 9.73. The van der Waals surface area contributed by atoms with Crippen LogP contribution in [-0.4, -0.2) is 24.7 Å². The van der Waals surface area contributed by atoms with Crippen molar-refractivity contribution >= 4 is 22.6 Å². The summed E-state index contributed by atoms with van der Waals surface area (Å²) in [4.78, 5) is 4.77. The maximum absolute atomic E-state index is 6.43. The number of aryl methyl sites for hydroxylation is 1. The highest BCUT2D eigenvalue weighted by Crippen LogP contribution is 2.36. The first-order chi connectivity index (χ1) is 16.5. The summed E-state index contributed by atoms with van der Waals surface area (Å²) >= 11 is 2.48. The van der Waals surface area contributed by atoms with E-state index in [-0.39, 0.29) is 0 Å². The fourth-order valence-electron chi connectivity index (χ4n) is 3.78. The Bertz CT molecular complexity index is 1110. The van der Waals surface area contributed by atoms with Gasteiger partial charge in [0.1, 0.15) is 11.5 Å². The Morgan fingerprint density at radius 1 is 1.09 bits per heavy atom. The van der Waals surface area contributed by atoms with E-state index in [4.69, 9.17) is 26.6 Å². The number of hydrogen-bond acceptors (Lipinski definition) is 4. The highest BCUT2D eigenvalue weighted by atomic mass is 127. The number of ether oxygens (including phenoxy) is 2. The van der Waals surface area contributed by atoms with E-state index in [2.05, 4.69) is 52.8 Å². The van der Waals surface area contributed by atoms with Gasteiger partial charge in [-0.3, -0.25) is 4.98 Å². The summed E-state index contributed by atoms with van der Waals surface area (Å²) in [6.07, 6.45) is 9.77. The third kappa shape index (κ3) is 7.56. The van der Waals surface area contributed by atoms with Crippen LogP contribution in [0.4, 0.5) is 0 Å². The van der Waals surface area contributed by atoms with Gasteiger partial charge < -0.3 is 15.2 Å². The van der Waals surface area contributed by atoms with E-state index in [1.807, 2.05) is 44.2 Å². The zero-order chi connectivity index (χ0) is 24.3. The predicted molar refractivity (Wildman–Crippen MR) is 149 cm³/mol. The van der Waals surface area contributed by atoms with Crippen molar-refractivity contribution in [3.63, 3.8) is 0 Å². The maximum Gasteiger partial charge on any atom is 0.136 e. The number of aromatic nitrogens is 1. The third-order valence-electron chi connectivity index (χ3n) is 5.54. The van der Waals surface area contributed by atoms with Crippen molar-refractivity contribution in [3.05, 3.63) is 77.1 Å². The Kier molecular flexibility index (Phi) is 10.4. The summed E-state index contributed by atoms with van der Waals surface area (Å²) in [6, 6.07) is 18.4. The Balaban J connectivity index is 1.83. The molecule has 3 aromatic rings. The van der Waals surface area contributed by atoms with Crippen LogP contribution >= 0.6 is 22.6 Å². The fourth-order valence-corrected chi connectivity index (χ4v) is 4.54. The largest absolute Gasteiger partial charge is 0.457 e. The number of alkyl halides is 1. The molecular weight excluding hydrogens is 535 g/mol. The minimum atomic E-state index is 0.313. The van der Waals surface area contributed by atoms with E-state index in [1.54, 1.807) is 0 Å². The van der Waals surface area contributed by atoms with Crippen molar-refractivity contribution in [3.8, 4) is 35.0 Å². The molecule has 2 N–H and O–H groups in total. The Morgan fingerprint density at radius 2 is 1.88 bits per heavy atom. The smallest absolute Gasteiger partial charge is 0.136 e.